The first kappa shape index (κ1) is 19.5. The number of anilines is 1. The van der Waals surface area contributed by atoms with Crippen LogP contribution >= 0.6 is 0 Å². The van der Waals surface area contributed by atoms with Gasteiger partial charge < -0.3 is 20.1 Å². The summed E-state index contributed by atoms with van der Waals surface area (Å²) in [5.74, 6) is -1.51. The second-order valence-electron chi connectivity index (χ2n) is 7.26. The fourth-order valence-corrected chi connectivity index (χ4v) is 3.40. The first-order chi connectivity index (χ1) is 13.3. The Labute approximate surface area is 163 Å². The average molecular weight is 379 g/mol. The number of carboxylic acid groups (broad SMARTS) is 1. The van der Waals surface area contributed by atoms with Gasteiger partial charge in [-0.3, -0.25) is 9.59 Å². The second kappa shape index (κ2) is 7.76. The van der Waals surface area contributed by atoms with Crippen molar-refractivity contribution >= 4 is 28.5 Å². The van der Waals surface area contributed by atoms with Gasteiger partial charge in [-0.15, -0.1) is 5.75 Å². The molecule has 0 aliphatic heterocycles. The number of rotatable bonds is 6. The van der Waals surface area contributed by atoms with Crippen LogP contribution in [-0.2, 0) is 16.1 Å². The third kappa shape index (κ3) is 4.01. The van der Waals surface area contributed by atoms with Gasteiger partial charge in [0.05, 0.1) is 11.2 Å². The number of aliphatic carboxylic acids is 1. The highest BCUT2D eigenvalue weighted by molar-refractivity contribution is 6.06. The van der Waals surface area contributed by atoms with Crippen LogP contribution in [0.1, 0.15) is 43.0 Å². The molecule has 1 heterocycles. The molecule has 0 unspecified atom stereocenters. The highest BCUT2D eigenvalue weighted by Crippen LogP contribution is 2.29. The van der Waals surface area contributed by atoms with E-state index in [1.807, 2.05) is 51.1 Å². The lowest BCUT2D eigenvalue weighted by molar-refractivity contribution is -0.269. The van der Waals surface area contributed by atoms with E-state index in [1.165, 1.54) is 0 Å². The summed E-state index contributed by atoms with van der Waals surface area (Å²) < 4.78 is 2.12. The van der Waals surface area contributed by atoms with E-state index < -0.39 is 18.3 Å². The van der Waals surface area contributed by atoms with E-state index in [2.05, 4.69) is 9.88 Å². The number of nitrogens with zero attached hydrogens (tertiary/aromatic N) is 1. The van der Waals surface area contributed by atoms with Gasteiger partial charge in [0.25, 0.3) is 0 Å². The van der Waals surface area contributed by atoms with Crippen LogP contribution in [0.25, 0.3) is 10.9 Å². The third-order valence-corrected chi connectivity index (χ3v) is 4.78. The van der Waals surface area contributed by atoms with Gasteiger partial charge in [-0.25, -0.2) is 0 Å². The molecular weight excluding hydrogens is 356 g/mol. The predicted molar refractivity (Wildman–Crippen MR) is 107 cm³/mol. The number of benzene rings is 2. The van der Waals surface area contributed by atoms with E-state index in [0.29, 0.717) is 12.2 Å². The Bertz CT molecular complexity index is 1050. The van der Waals surface area contributed by atoms with Gasteiger partial charge in [0.2, 0.25) is 5.91 Å². The zero-order valence-corrected chi connectivity index (χ0v) is 16.2. The number of fused-ring (bicyclic) bond motifs is 1. The van der Waals surface area contributed by atoms with Crippen LogP contribution in [0.5, 0.6) is 5.75 Å². The predicted octanol–water partition coefficient (Wildman–Crippen LogP) is 3.61. The second-order valence-corrected chi connectivity index (χ2v) is 7.26. The van der Waals surface area contributed by atoms with Gasteiger partial charge in [-0.2, -0.15) is 0 Å². The van der Waals surface area contributed by atoms with Gasteiger partial charge in [0.1, 0.15) is 6.42 Å². The summed E-state index contributed by atoms with van der Waals surface area (Å²) in [7, 11) is 0. The Hall–Kier alpha value is -3.28. The van der Waals surface area contributed by atoms with Crippen LogP contribution in [0, 0.1) is 6.92 Å². The quantitative estimate of drug-likeness (QED) is 0.640. The van der Waals surface area contributed by atoms with Crippen LogP contribution in [0.15, 0.2) is 42.5 Å². The fourth-order valence-electron chi connectivity index (χ4n) is 3.40. The largest absolute Gasteiger partial charge is 0.872 e. The van der Waals surface area contributed by atoms with E-state index >= 15 is 0 Å². The van der Waals surface area contributed by atoms with Crippen LogP contribution < -0.4 is 10.4 Å². The maximum atomic E-state index is 12.0. The van der Waals surface area contributed by atoms with Crippen molar-refractivity contribution in [3.63, 3.8) is 0 Å². The molecule has 0 atom stereocenters. The van der Waals surface area contributed by atoms with E-state index in [-0.39, 0.29) is 11.7 Å². The molecule has 0 saturated carbocycles. The Morgan fingerprint density at radius 3 is 2.61 bits per heavy atom. The van der Waals surface area contributed by atoms with Crippen molar-refractivity contribution in [3.05, 3.63) is 59.3 Å². The Balaban J connectivity index is 1.96. The molecule has 2 N–H and O–H groups in total. The van der Waals surface area contributed by atoms with E-state index in [4.69, 9.17) is 5.11 Å². The molecule has 6 nitrogen and oxygen atoms in total. The number of hydrogen-bond acceptors (Lipinski definition) is 3. The first-order valence-corrected chi connectivity index (χ1v) is 9.16. The fraction of sp³-hybridized carbons (Fsp3) is 0.273. The molecule has 1 aromatic heterocycles. The molecule has 0 saturated heterocycles. The summed E-state index contributed by atoms with van der Waals surface area (Å²) in [4.78, 5) is 22.6. The maximum Gasteiger partial charge on any atom is 0.312 e. The zero-order chi connectivity index (χ0) is 20.4. The highest BCUT2D eigenvalue weighted by atomic mass is 16.4. The topological polar surface area (TPSA) is 94.4 Å². The summed E-state index contributed by atoms with van der Waals surface area (Å²) in [6.45, 7) is 6.59. The molecule has 0 aliphatic rings. The maximum absolute atomic E-state index is 12.0. The molecule has 0 spiro atoms. The minimum Gasteiger partial charge on any atom is -0.872 e. The Morgan fingerprint density at radius 1 is 1.18 bits per heavy atom. The van der Waals surface area contributed by atoms with Crippen molar-refractivity contribution in [1.82, 2.24) is 4.57 Å². The molecule has 0 bridgehead atoms. The van der Waals surface area contributed by atoms with Crippen LogP contribution in [0.3, 0.4) is 0 Å². The molecule has 2 aromatic carbocycles. The number of carbonyl (C=O) groups excluding carboxylic acids is 1. The summed E-state index contributed by atoms with van der Waals surface area (Å²) in [5.41, 5.74) is 4.36. The van der Waals surface area contributed by atoms with Crippen molar-refractivity contribution in [1.29, 1.82) is 0 Å². The van der Waals surface area contributed by atoms with Gasteiger partial charge >= 0.3 is 5.97 Å². The zero-order valence-electron chi connectivity index (χ0n) is 16.2. The number of hydrogen-bond donors (Lipinski definition) is 2. The molecule has 146 valence electrons. The SMILES string of the molecule is Cc1cc2c(NC(=O)CC(=O)O)cccc2n1Cc1ccc([O-])c(C(C)C)c1. The molecule has 1 amide bonds. The first-order valence-electron chi connectivity index (χ1n) is 9.16. The van der Waals surface area contributed by atoms with Gasteiger partial charge in [0, 0.05) is 17.6 Å². The third-order valence-electron chi connectivity index (χ3n) is 4.78. The highest BCUT2D eigenvalue weighted by Gasteiger charge is 2.13. The van der Waals surface area contributed by atoms with Crippen LogP contribution in [0.2, 0.25) is 0 Å². The molecule has 28 heavy (non-hydrogen) atoms. The summed E-state index contributed by atoms with van der Waals surface area (Å²) in [6.07, 6.45) is -0.574. The van der Waals surface area contributed by atoms with Crippen LogP contribution in [-0.4, -0.2) is 21.6 Å². The number of aryl methyl sites for hydroxylation is 1. The summed E-state index contributed by atoms with van der Waals surface area (Å²) in [6, 6.07) is 12.9. The smallest absolute Gasteiger partial charge is 0.312 e. The van der Waals surface area contributed by atoms with Gasteiger partial charge in [-0.05, 0) is 36.6 Å². The van der Waals surface area contributed by atoms with Crippen molar-refractivity contribution < 1.29 is 19.8 Å². The lowest BCUT2D eigenvalue weighted by Gasteiger charge is -2.19. The number of carbonyl (C=O) groups is 2. The Morgan fingerprint density at radius 2 is 1.93 bits per heavy atom. The molecule has 3 aromatic rings. The number of amides is 1. The van der Waals surface area contributed by atoms with Crippen molar-refractivity contribution in [2.75, 3.05) is 5.32 Å². The number of carboxylic acids is 1. The lowest BCUT2D eigenvalue weighted by Crippen LogP contribution is -2.16. The molecule has 0 aliphatic carbocycles. The molecule has 3 rings (SSSR count). The summed E-state index contributed by atoms with van der Waals surface area (Å²) in [5, 5.41) is 24.3. The molecule has 0 fully saturated rings. The number of nitrogens with one attached hydrogen (secondary N) is 1. The summed E-state index contributed by atoms with van der Waals surface area (Å²) >= 11 is 0. The minimum atomic E-state index is -1.17. The van der Waals surface area contributed by atoms with Gasteiger partial charge in [0.15, 0.2) is 0 Å². The average Bonchev–Trinajstić information content (AvgIpc) is 2.92. The lowest BCUT2D eigenvalue weighted by atomic mass is 9.99. The van der Waals surface area contributed by atoms with Crippen molar-refractivity contribution in [3.8, 4) is 5.75 Å². The molecule has 0 radical (unpaired) electrons. The van der Waals surface area contributed by atoms with Crippen molar-refractivity contribution in [2.24, 2.45) is 0 Å². The molecule has 6 heteroatoms. The standard InChI is InChI=1S/C22H24N2O4/c1-13(2)16-10-15(7-8-20(16)25)12-24-14(3)9-17-18(5-4-6-19(17)24)23-21(26)11-22(27)28/h4-10,13,25H,11-12H2,1-3H3,(H,23,26)(H,27,28)/p-1. The van der Waals surface area contributed by atoms with E-state index in [1.54, 1.807) is 12.1 Å². The minimum absolute atomic E-state index is 0.0521. The van der Waals surface area contributed by atoms with E-state index in [0.717, 1.165) is 27.7 Å². The van der Waals surface area contributed by atoms with E-state index in [9.17, 15) is 14.7 Å². The number of aromatic nitrogens is 1. The van der Waals surface area contributed by atoms with Crippen molar-refractivity contribution in [2.45, 2.75) is 39.7 Å². The molecular formula is C22H23N2O4-. The normalized spacial score (nSPS) is 11.1. The van der Waals surface area contributed by atoms with Crippen LogP contribution in [0.4, 0.5) is 5.69 Å². The Kier molecular flexibility index (Phi) is 5.40. The van der Waals surface area contributed by atoms with Gasteiger partial charge in [-0.1, -0.05) is 43.7 Å². The monoisotopic (exact) mass is 379 g/mol.